The molecule has 0 unspecified atom stereocenters. The topological polar surface area (TPSA) is 84.9 Å². The fourth-order valence-electron chi connectivity index (χ4n) is 2.45. The molecule has 136 valence electrons. The standard InChI is InChI=1S/C18H24N2O5/c1-12-5-6-13(2)14(11-12)24-9-7-15(21)25-10-8-20-16(22)18(3,4)19-17(20)23/h5-6,11H,7-10H2,1-4H3,(H,19,23). The van der Waals surface area contributed by atoms with E-state index in [1.165, 1.54) is 0 Å². The van der Waals surface area contributed by atoms with Crippen molar-refractivity contribution < 1.29 is 23.9 Å². The molecule has 0 radical (unpaired) electrons. The fourth-order valence-corrected chi connectivity index (χ4v) is 2.45. The van der Waals surface area contributed by atoms with E-state index in [1.54, 1.807) is 13.8 Å². The molecule has 0 bridgehead atoms. The largest absolute Gasteiger partial charge is 0.493 e. The van der Waals surface area contributed by atoms with Gasteiger partial charge in [0, 0.05) is 0 Å². The maximum atomic E-state index is 12.0. The lowest BCUT2D eigenvalue weighted by Gasteiger charge is -2.16. The van der Waals surface area contributed by atoms with Crippen LogP contribution in [0.4, 0.5) is 4.79 Å². The summed E-state index contributed by atoms with van der Waals surface area (Å²) < 4.78 is 10.7. The Hall–Kier alpha value is -2.57. The van der Waals surface area contributed by atoms with Crippen LogP contribution in [0.25, 0.3) is 0 Å². The zero-order valence-electron chi connectivity index (χ0n) is 15.0. The molecule has 1 N–H and O–H groups in total. The summed E-state index contributed by atoms with van der Waals surface area (Å²) >= 11 is 0. The fraction of sp³-hybridized carbons (Fsp3) is 0.500. The Labute approximate surface area is 147 Å². The van der Waals surface area contributed by atoms with Gasteiger partial charge in [-0.1, -0.05) is 12.1 Å². The second kappa shape index (κ2) is 7.55. The van der Waals surface area contributed by atoms with Crippen LogP contribution in [0, 0.1) is 13.8 Å². The Balaban J connectivity index is 1.70. The molecular formula is C18H24N2O5. The average molecular weight is 348 g/mol. The van der Waals surface area contributed by atoms with Crippen molar-refractivity contribution in [2.75, 3.05) is 19.8 Å². The minimum absolute atomic E-state index is 0.0302. The van der Waals surface area contributed by atoms with E-state index in [9.17, 15) is 14.4 Å². The van der Waals surface area contributed by atoms with Gasteiger partial charge < -0.3 is 14.8 Å². The Kier molecular flexibility index (Phi) is 5.66. The third-order valence-corrected chi connectivity index (χ3v) is 3.93. The summed E-state index contributed by atoms with van der Waals surface area (Å²) in [6, 6.07) is 5.40. The molecule has 0 atom stereocenters. The summed E-state index contributed by atoms with van der Waals surface area (Å²) in [7, 11) is 0. The number of nitrogens with zero attached hydrogens (tertiary/aromatic N) is 1. The quantitative estimate of drug-likeness (QED) is 0.601. The van der Waals surface area contributed by atoms with Crippen molar-refractivity contribution in [1.82, 2.24) is 10.2 Å². The van der Waals surface area contributed by atoms with Crippen LogP contribution in [0.2, 0.25) is 0 Å². The lowest BCUT2D eigenvalue weighted by molar-refractivity contribution is -0.145. The molecule has 25 heavy (non-hydrogen) atoms. The second-order valence-electron chi connectivity index (χ2n) is 6.60. The van der Waals surface area contributed by atoms with Crippen LogP contribution in [-0.4, -0.2) is 48.1 Å². The van der Waals surface area contributed by atoms with Gasteiger partial charge >= 0.3 is 12.0 Å². The van der Waals surface area contributed by atoms with Gasteiger partial charge in [0.2, 0.25) is 0 Å². The van der Waals surface area contributed by atoms with Crippen LogP contribution < -0.4 is 10.1 Å². The van der Waals surface area contributed by atoms with Gasteiger partial charge in [-0.3, -0.25) is 14.5 Å². The third-order valence-electron chi connectivity index (χ3n) is 3.93. The minimum Gasteiger partial charge on any atom is -0.493 e. The Morgan fingerprint density at radius 2 is 1.92 bits per heavy atom. The zero-order chi connectivity index (χ0) is 18.6. The molecule has 3 amide bonds. The molecule has 2 rings (SSSR count). The van der Waals surface area contributed by atoms with E-state index in [4.69, 9.17) is 9.47 Å². The number of urea groups is 1. The smallest absolute Gasteiger partial charge is 0.325 e. The van der Waals surface area contributed by atoms with Crippen LogP contribution in [0.15, 0.2) is 18.2 Å². The van der Waals surface area contributed by atoms with E-state index in [-0.39, 0.29) is 32.1 Å². The number of amides is 3. The van der Waals surface area contributed by atoms with E-state index in [0.29, 0.717) is 0 Å². The molecule has 1 fully saturated rings. The van der Waals surface area contributed by atoms with E-state index in [0.717, 1.165) is 21.8 Å². The summed E-state index contributed by atoms with van der Waals surface area (Å²) in [5, 5.41) is 2.57. The maximum absolute atomic E-state index is 12.0. The van der Waals surface area contributed by atoms with Crippen molar-refractivity contribution in [3.8, 4) is 5.75 Å². The molecule has 1 aromatic rings. The Bertz CT molecular complexity index is 684. The van der Waals surface area contributed by atoms with Gasteiger partial charge in [-0.15, -0.1) is 0 Å². The lowest BCUT2D eigenvalue weighted by Crippen LogP contribution is -2.40. The predicted molar refractivity (Wildman–Crippen MR) is 91.3 cm³/mol. The zero-order valence-corrected chi connectivity index (χ0v) is 15.0. The lowest BCUT2D eigenvalue weighted by atomic mass is 10.1. The molecule has 7 nitrogen and oxygen atoms in total. The highest BCUT2D eigenvalue weighted by molar-refractivity contribution is 6.06. The van der Waals surface area contributed by atoms with E-state index in [1.807, 2.05) is 32.0 Å². The molecular weight excluding hydrogens is 324 g/mol. The van der Waals surface area contributed by atoms with Crippen LogP contribution >= 0.6 is 0 Å². The molecule has 0 saturated carbocycles. The number of esters is 1. The monoisotopic (exact) mass is 348 g/mol. The number of benzene rings is 1. The molecule has 1 heterocycles. The molecule has 0 spiro atoms. The molecule has 1 aliphatic heterocycles. The van der Waals surface area contributed by atoms with Gasteiger partial charge in [0.25, 0.3) is 5.91 Å². The summed E-state index contributed by atoms with van der Waals surface area (Å²) in [5.41, 5.74) is 1.17. The number of carbonyl (C=O) groups excluding carboxylic acids is 3. The first-order chi connectivity index (χ1) is 11.7. The van der Waals surface area contributed by atoms with E-state index < -0.39 is 17.5 Å². The normalized spacial score (nSPS) is 15.9. The summed E-state index contributed by atoms with van der Waals surface area (Å²) in [6.07, 6.45) is 0.0962. The average Bonchev–Trinajstić information content (AvgIpc) is 2.72. The van der Waals surface area contributed by atoms with Crippen molar-refractivity contribution in [3.05, 3.63) is 29.3 Å². The Morgan fingerprint density at radius 3 is 2.56 bits per heavy atom. The highest BCUT2D eigenvalue weighted by Crippen LogP contribution is 2.19. The van der Waals surface area contributed by atoms with Gasteiger partial charge in [0.05, 0.1) is 19.6 Å². The van der Waals surface area contributed by atoms with Gasteiger partial charge in [0.15, 0.2) is 0 Å². The number of hydrogen-bond acceptors (Lipinski definition) is 5. The SMILES string of the molecule is Cc1ccc(C)c(OCCC(=O)OCCN2C(=O)NC(C)(C)C2=O)c1. The maximum Gasteiger partial charge on any atom is 0.325 e. The van der Waals surface area contributed by atoms with Crippen LogP contribution in [-0.2, 0) is 14.3 Å². The number of imide groups is 1. The first-order valence-corrected chi connectivity index (χ1v) is 8.20. The van der Waals surface area contributed by atoms with Crippen LogP contribution in [0.5, 0.6) is 5.75 Å². The van der Waals surface area contributed by atoms with Gasteiger partial charge in [-0.25, -0.2) is 4.79 Å². The number of hydrogen-bond donors (Lipinski definition) is 1. The van der Waals surface area contributed by atoms with Crippen molar-refractivity contribution in [1.29, 1.82) is 0 Å². The minimum atomic E-state index is -0.916. The summed E-state index contributed by atoms with van der Waals surface area (Å²) in [4.78, 5) is 36.5. The molecule has 0 aromatic heterocycles. The van der Waals surface area contributed by atoms with Crippen LogP contribution in [0.3, 0.4) is 0 Å². The molecule has 0 aliphatic carbocycles. The number of carbonyl (C=O) groups is 3. The van der Waals surface area contributed by atoms with Crippen molar-refractivity contribution in [3.63, 3.8) is 0 Å². The van der Waals surface area contributed by atoms with E-state index in [2.05, 4.69) is 5.32 Å². The van der Waals surface area contributed by atoms with Crippen molar-refractivity contribution >= 4 is 17.9 Å². The molecule has 1 saturated heterocycles. The highest BCUT2D eigenvalue weighted by Gasteiger charge is 2.43. The number of nitrogens with one attached hydrogen (secondary N) is 1. The third kappa shape index (κ3) is 4.71. The molecule has 1 aliphatic rings. The number of aryl methyl sites for hydroxylation is 2. The first kappa shape index (κ1) is 18.8. The van der Waals surface area contributed by atoms with Gasteiger partial charge in [-0.05, 0) is 44.9 Å². The summed E-state index contributed by atoms with van der Waals surface area (Å²) in [5.74, 6) is -0.0159. The molecule has 1 aromatic carbocycles. The molecule has 7 heteroatoms. The van der Waals surface area contributed by atoms with Crippen molar-refractivity contribution in [2.45, 2.75) is 39.7 Å². The summed E-state index contributed by atoms with van der Waals surface area (Å²) in [6.45, 7) is 7.38. The highest BCUT2D eigenvalue weighted by atomic mass is 16.5. The second-order valence-corrected chi connectivity index (χ2v) is 6.60. The van der Waals surface area contributed by atoms with Gasteiger partial charge in [-0.2, -0.15) is 0 Å². The van der Waals surface area contributed by atoms with Crippen molar-refractivity contribution in [2.24, 2.45) is 0 Å². The number of rotatable bonds is 7. The predicted octanol–water partition coefficient (Wildman–Crippen LogP) is 1.95. The first-order valence-electron chi connectivity index (χ1n) is 8.20. The van der Waals surface area contributed by atoms with Crippen LogP contribution in [0.1, 0.15) is 31.4 Å². The van der Waals surface area contributed by atoms with Gasteiger partial charge in [0.1, 0.15) is 17.9 Å². The van der Waals surface area contributed by atoms with E-state index >= 15 is 0 Å². The Morgan fingerprint density at radius 1 is 1.20 bits per heavy atom. The number of ether oxygens (including phenoxy) is 2.